The number of amides is 1. The summed E-state index contributed by atoms with van der Waals surface area (Å²) in [5, 5.41) is 22.4. The number of carbonyl (C=O) groups is 1. The first-order chi connectivity index (χ1) is 11.4. The van der Waals surface area contributed by atoms with E-state index in [0.29, 0.717) is 10.8 Å². The van der Waals surface area contributed by atoms with Crippen molar-refractivity contribution < 1.29 is 9.72 Å². The Kier molecular flexibility index (Phi) is 5.91. The zero-order valence-corrected chi connectivity index (χ0v) is 14.5. The van der Waals surface area contributed by atoms with E-state index in [1.54, 1.807) is 6.07 Å². The lowest BCUT2D eigenvalue weighted by Gasteiger charge is -2.12. The zero-order valence-electron chi connectivity index (χ0n) is 13.7. The molecule has 0 bridgehead atoms. The molecule has 0 aliphatic rings. The Morgan fingerprint density at radius 2 is 2.17 bits per heavy atom. The Bertz CT molecular complexity index is 744. The van der Waals surface area contributed by atoms with E-state index in [4.69, 9.17) is 0 Å². The van der Waals surface area contributed by atoms with E-state index in [2.05, 4.69) is 15.5 Å². The van der Waals surface area contributed by atoms with Crippen molar-refractivity contribution in [2.75, 3.05) is 11.1 Å². The average Bonchev–Trinajstić information content (AvgIpc) is 2.96. The maximum Gasteiger partial charge on any atom is 0.271 e. The fraction of sp³-hybridized carbons (Fsp3) is 0.400. The summed E-state index contributed by atoms with van der Waals surface area (Å²) >= 11 is 1.29. The molecule has 0 aliphatic carbocycles. The lowest BCUT2D eigenvalue weighted by Crippen LogP contribution is -2.15. The van der Waals surface area contributed by atoms with E-state index < -0.39 is 4.92 Å². The summed E-state index contributed by atoms with van der Waals surface area (Å²) in [6.07, 6.45) is 0.769. The van der Waals surface area contributed by atoms with Crippen molar-refractivity contribution in [3.05, 3.63) is 40.2 Å². The lowest BCUT2D eigenvalue weighted by atomic mass is 10.3. The van der Waals surface area contributed by atoms with E-state index in [1.165, 1.54) is 30.0 Å². The van der Waals surface area contributed by atoms with E-state index in [9.17, 15) is 14.9 Å². The van der Waals surface area contributed by atoms with Crippen LogP contribution in [0.15, 0.2) is 29.4 Å². The van der Waals surface area contributed by atoms with Crippen molar-refractivity contribution in [1.29, 1.82) is 0 Å². The molecule has 0 aliphatic heterocycles. The molecular weight excluding hydrogens is 330 g/mol. The molecule has 128 valence electrons. The highest BCUT2D eigenvalue weighted by Gasteiger charge is 2.15. The molecule has 2 aromatic rings. The van der Waals surface area contributed by atoms with Crippen molar-refractivity contribution in [2.45, 2.75) is 38.4 Å². The second kappa shape index (κ2) is 7.91. The topological polar surface area (TPSA) is 103 Å². The quantitative estimate of drug-likeness (QED) is 0.468. The van der Waals surface area contributed by atoms with Gasteiger partial charge in [-0.05, 0) is 19.9 Å². The number of hydrogen-bond donors (Lipinski definition) is 1. The molecule has 0 radical (unpaired) electrons. The summed E-state index contributed by atoms with van der Waals surface area (Å²) in [5.41, 5.74) is 0.335. The van der Waals surface area contributed by atoms with Crippen LogP contribution in [-0.4, -0.2) is 31.3 Å². The van der Waals surface area contributed by atoms with Crippen LogP contribution in [0, 0.1) is 10.1 Å². The van der Waals surface area contributed by atoms with Crippen molar-refractivity contribution in [3.63, 3.8) is 0 Å². The van der Waals surface area contributed by atoms with Gasteiger partial charge in [-0.2, -0.15) is 0 Å². The molecule has 0 saturated heterocycles. The minimum Gasteiger partial charge on any atom is -0.325 e. The molecule has 9 heteroatoms. The zero-order chi connectivity index (χ0) is 17.7. The summed E-state index contributed by atoms with van der Waals surface area (Å²) in [6.45, 7) is 6.08. The number of non-ortho nitro benzene ring substituents is 1. The summed E-state index contributed by atoms with van der Waals surface area (Å²) in [6, 6.07) is 6.05. The van der Waals surface area contributed by atoms with Crippen molar-refractivity contribution in [3.8, 4) is 0 Å². The Labute approximate surface area is 143 Å². The van der Waals surface area contributed by atoms with E-state index >= 15 is 0 Å². The molecule has 0 unspecified atom stereocenters. The Hall–Kier alpha value is -2.42. The largest absolute Gasteiger partial charge is 0.325 e. The number of nitrogens with one attached hydrogen (secondary N) is 1. The number of hydrogen-bond acceptors (Lipinski definition) is 6. The van der Waals surface area contributed by atoms with Crippen molar-refractivity contribution in [1.82, 2.24) is 14.8 Å². The first-order valence-electron chi connectivity index (χ1n) is 7.53. The van der Waals surface area contributed by atoms with Crippen LogP contribution in [0.1, 0.15) is 32.6 Å². The van der Waals surface area contributed by atoms with Crippen LogP contribution in [0.2, 0.25) is 0 Å². The summed E-state index contributed by atoms with van der Waals surface area (Å²) in [5.74, 6) is 0.778. The van der Waals surface area contributed by atoms with Crippen LogP contribution in [0.4, 0.5) is 11.4 Å². The molecule has 8 nitrogen and oxygen atoms in total. The second-order valence-electron chi connectivity index (χ2n) is 5.36. The lowest BCUT2D eigenvalue weighted by molar-refractivity contribution is -0.384. The number of benzene rings is 1. The van der Waals surface area contributed by atoms with Crippen LogP contribution in [0.3, 0.4) is 0 Å². The van der Waals surface area contributed by atoms with Crippen molar-refractivity contribution in [2.24, 2.45) is 0 Å². The van der Waals surface area contributed by atoms with Gasteiger partial charge in [0.15, 0.2) is 5.16 Å². The molecule has 1 aromatic heterocycles. The summed E-state index contributed by atoms with van der Waals surface area (Å²) in [4.78, 5) is 22.3. The van der Waals surface area contributed by atoms with E-state index in [0.717, 1.165) is 12.2 Å². The van der Waals surface area contributed by atoms with Gasteiger partial charge in [-0.3, -0.25) is 14.9 Å². The molecule has 0 fully saturated rings. The Balaban J connectivity index is 2.00. The van der Waals surface area contributed by atoms with Crippen LogP contribution in [-0.2, 0) is 11.2 Å². The molecule has 2 rings (SSSR count). The molecule has 24 heavy (non-hydrogen) atoms. The second-order valence-corrected chi connectivity index (χ2v) is 6.30. The molecule has 1 aromatic carbocycles. The number of aryl methyl sites for hydroxylation is 1. The van der Waals surface area contributed by atoms with Gasteiger partial charge in [-0.15, -0.1) is 10.2 Å². The third-order valence-electron chi connectivity index (χ3n) is 3.24. The number of nitro benzene ring substituents is 1. The molecule has 1 amide bonds. The van der Waals surface area contributed by atoms with Gasteiger partial charge in [0.25, 0.3) is 5.69 Å². The van der Waals surface area contributed by atoms with Gasteiger partial charge in [0.05, 0.1) is 10.7 Å². The van der Waals surface area contributed by atoms with Crippen LogP contribution in [0.25, 0.3) is 0 Å². The molecule has 0 spiro atoms. The predicted molar refractivity (Wildman–Crippen MR) is 92.2 cm³/mol. The fourth-order valence-electron chi connectivity index (χ4n) is 2.19. The first kappa shape index (κ1) is 17.9. The molecule has 1 N–H and O–H groups in total. The molecule has 0 atom stereocenters. The SMILES string of the molecule is CCc1nnc(SCC(=O)Nc2cccc([N+](=O)[O-])c2)n1C(C)C. The summed E-state index contributed by atoms with van der Waals surface area (Å²) < 4.78 is 2.01. The third-order valence-corrected chi connectivity index (χ3v) is 4.18. The van der Waals surface area contributed by atoms with Crippen LogP contribution < -0.4 is 5.32 Å². The van der Waals surface area contributed by atoms with Gasteiger partial charge in [-0.1, -0.05) is 24.8 Å². The number of rotatable bonds is 7. The highest BCUT2D eigenvalue weighted by atomic mass is 32.2. The number of nitro groups is 1. The van der Waals surface area contributed by atoms with Gasteiger partial charge in [0.2, 0.25) is 5.91 Å². The number of thioether (sulfide) groups is 1. The minimum absolute atomic E-state index is 0.0624. The van der Waals surface area contributed by atoms with Crippen LogP contribution in [0.5, 0.6) is 0 Å². The number of carbonyl (C=O) groups excluding carboxylic acids is 1. The third kappa shape index (κ3) is 4.31. The minimum atomic E-state index is -0.498. The maximum atomic E-state index is 12.1. The number of anilines is 1. The van der Waals surface area contributed by atoms with Gasteiger partial charge in [0, 0.05) is 30.3 Å². The standard InChI is InChI=1S/C15H19N5O3S/c1-4-13-17-18-15(19(13)10(2)3)24-9-14(21)16-11-6-5-7-12(8-11)20(22)23/h5-8,10H,4,9H2,1-3H3,(H,16,21). The van der Waals surface area contributed by atoms with E-state index in [1.807, 2.05) is 25.3 Å². The van der Waals surface area contributed by atoms with Crippen LogP contribution >= 0.6 is 11.8 Å². The normalized spacial score (nSPS) is 10.8. The van der Waals surface area contributed by atoms with Crippen molar-refractivity contribution >= 4 is 29.0 Å². The monoisotopic (exact) mass is 349 g/mol. The highest BCUT2D eigenvalue weighted by molar-refractivity contribution is 7.99. The first-order valence-corrected chi connectivity index (χ1v) is 8.51. The predicted octanol–water partition coefficient (Wildman–Crippen LogP) is 3.06. The molecular formula is C15H19N5O3S. The summed E-state index contributed by atoms with van der Waals surface area (Å²) in [7, 11) is 0. The Morgan fingerprint density at radius 1 is 1.42 bits per heavy atom. The molecule has 1 heterocycles. The van der Waals surface area contributed by atoms with E-state index in [-0.39, 0.29) is 23.4 Å². The maximum absolute atomic E-state index is 12.1. The fourth-order valence-corrected chi connectivity index (χ4v) is 3.08. The number of aromatic nitrogens is 3. The average molecular weight is 349 g/mol. The highest BCUT2D eigenvalue weighted by Crippen LogP contribution is 2.22. The van der Waals surface area contributed by atoms with Gasteiger partial charge < -0.3 is 9.88 Å². The van der Waals surface area contributed by atoms with Gasteiger partial charge in [0.1, 0.15) is 5.82 Å². The smallest absolute Gasteiger partial charge is 0.271 e. The molecule has 0 saturated carbocycles. The number of nitrogens with zero attached hydrogens (tertiary/aromatic N) is 4. The Morgan fingerprint density at radius 3 is 2.79 bits per heavy atom. The van der Waals surface area contributed by atoms with Gasteiger partial charge in [-0.25, -0.2) is 0 Å². The van der Waals surface area contributed by atoms with Gasteiger partial charge >= 0.3 is 0 Å².